The molecular weight excluding hydrogens is 450 g/mol. The molecule has 8 heteroatoms. The Labute approximate surface area is 210 Å². The third kappa shape index (κ3) is 4.68. The zero-order valence-electron chi connectivity index (χ0n) is 20.6. The highest BCUT2D eigenvalue weighted by atomic mass is 16.1. The van der Waals surface area contributed by atoms with Crippen LogP contribution in [0.5, 0.6) is 0 Å². The molecule has 184 valence electrons. The summed E-state index contributed by atoms with van der Waals surface area (Å²) in [5, 5.41) is 11.1. The average molecular weight is 482 g/mol. The van der Waals surface area contributed by atoms with E-state index in [2.05, 4.69) is 48.3 Å². The topological polar surface area (TPSA) is 90.0 Å². The fraction of sp³-hybridized carbons (Fsp3) is 0.357. The lowest BCUT2D eigenvalue weighted by atomic mass is 9.98. The summed E-state index contributed by atoms with van der Waals surface area (Å²) in [5.41, 5.74) is 5.19. The van der Waals surface area contributed by atoms with Gasteiger partial charge < -0.3 is 10.2 Å². The van der Waals surface area contributed by atoms with Gasteiger partial charge in [0.2, 0.25) is 0 Å². The number of carbonyl (C=O) groups excluding carboxylic acids is 1. The molecule has 36 heavy (non-hydrogen) atoms. The predicted molar refractivity (Wildman–Crippen MR) is 142 cm³/mol. The second-order valence-corrected chi connectivity index (χ2v) is 10.1. The lowest BCUT2D eigenvalue weighted by Gasteiger charge is -2.32. The van der Waals surface area contributed by atoms with Gasteiger partial charge in [-0.2, -0.15) is 5.10 Å². The molecule has 2 fully saturated rings. The molecule has 2 aliphatic heterocycles. The molecule has 1 aromatic carbocycles. The third-order valence-corrected chi connectivity index (χ3v) is 7.37. The van der Waals surface area contributed by atoms with Gasteiger partial charge in [-0.05, 0) is 73.7 Å². The van der Waals surface area contributed by atoms with E-state index >= 15 is 0 Å². The third-order valence-electron chi connectivity index (χ3n) is 7.37. The standard InChI is InChI=1S/C28H31N7O/c1-19-6-11-34(12-7-19)18-20-13-22(17-29-16-20)21-3-4-25-24(14-21)27(33-32-25)28(36)31-23-5-8-30-26(15-23)35-9-2-10-35/h3-5,8,13-17,19H,2,6-7,9-12,18H2,1H3,(H,32,33)(H,30,31,36). The summed E-state index contributed by atoms with van der Waals surface area (Å²) in [6, 6.07) is 12.0. The van der Waals surface area contributed by atoms with E-state index in [-0.39, 0.29) is 5.91 Å². The molecule has 3 aromatic heterocycles. The Balaban J connectivity index is 1.22. The van der Waals surface area contributed by atoms with Crippen molar-refractivity contribution in [1.82, 2.24) is 25.1 Å². The van der Waals surface area contributed by atoms with Crippen molar-refractivity contribution < 1.29 is 4.79 Å². The number of nitrogens with one attached hydrogen (secondary N) is 2. The number of carbonyl (C=O) groups is 1. The van der Waals surface area contributed by atoms with Crippen LogP contribution in [-0.4, -0.2) is 57.2 Å². The monoisotopic (exact) mass is 481 g/mol. The lowest BCUT2D eigenvalue weighted by molar-refractivity contribution is 0.102. The second kappa shape index (κ2) is 9.70. The fourth-order valence-corrected chi connectivity index (χ4v) is 4.98. The summed E-state index contributed by atoms with van der Waals surface area (Å²) in [4.78, 5) is 26.8. The molecule has 2 aliphatic rings. The van der Waals surface area contributed by atoms with Crippen molar-refractivity contribution in [3.05, 3.63) is 66.2 Å². The Morgan fingerprint density at radius 1 is 1.06 bits per heavy atom. The Morgan fingerprint density at radius 3 is 2.72 bits per heavy atom. The fourth-order valence-electron chi connectivity index (χ4n) is 4.98. The van der Waals surface area contributed by atoms with Gasteiger partial charge in [-0.1, -0.05) is 13.0 Å². The van der Waals surface area contributed by atoms with Crippen LogP contribution in [0.1, 0.15) is 42.2 Å². The number of nitrogens with zero attached hydrogens (tertiary/aromatic N) is 5. The molecule has 5 heterocycles. The minimum absolute atomic E-state index is 0.245. The molecule has 0 radical (unpaired) electrons. The number of hydrogen-bond acceptors (Lipinski definition) is 6. The highest BCUT2D eigenvalue weighted by Gasteiger charge is 2.19. The average Bonchev–Trinajstić information content (AvgIpc) is 3.28. The molecule has 0 aliphatic carbocycles. The molecule has 0 unspecified atom stereocenters. The van der Waals surface area contributed by atoms with Crippen LogP contribution >= 0.6 is 0 Å². The molecule has 0 atom stereocenters. The van der Waals surface area contributed by atoms with Gasteiger partial charge in [0.15, 0.2) is 5.69 Å². The molecule has 0 spiro atoms. The van der Waals surface area contributed by atoms with Gasteiger partial charge in [0, 0.05) is 60.9 Å². The number of likely N-dealkylation sites (tertiary alicyclic amines) is 1. The van der Waals surface area contributed by atoms with Crippen LogP contribution in [0.15, 0.2) is 55.0 Å². The van der Waals surface area contributed by atoms with E-state index in [4.69, 9.17) is 0 Å². The van der Waals surface area contributed by atoms with Crippen LogP contribution in [0.3, 0.4) is 0 Å². The van der Waals surface area contributed by atoms with E-state index in [1.807, 2.05) is 42.7 Å². The molecule has 0 bridgehead atoms. The molecule has 1 amide bonds. The van der Waals surface area contributed by atoms with Crippen LogP contribution in [0.25, 0.3) is 22.0 Å². The number of aromatic amines is 1. The highest BCUT2D eigenvalue weighted by Crippen LogP contribution is 2.27. The van der Waals surface area contributed by atoms with Crippen molar-refractivity contribution in [1.29, 1.82) is 0 Å². The van der Waals surface area contributed by atoms with Crippen molar-refractivity contribution in [3.63, 3.8) is 0 Å². The summed E-state index contributed by atoms with van der Waals surface area (Å²) in [6.07, 6.45) is 9.27. The molecule has 2 saturated heterocycles. The van der Waals surface area contributed by atoms with E-state index in [0.29, 0.717) is 11.4 Å². The maximum Gasteiger partial charge on any atom is 0.276 e. The normalized spacial score (nSPS) is 16.8. The number of rotatable bonds is 6. The van der Waals surface area contributed by atoms with E-state index in [0.717, 1.165) is 66.5 Å². The Hall–Kier alpha value is -3.78. The van der Waals surface area contributed by atoms with Crippen LogP contribution in [-0.2, 0) is 6.54 Å². The van der Waals surface area contributed by atoms with Gasteiger partial charge in [0.05, 0.1) is 5.52 Å². The minimum atomic E-state index is -0.245. The zero-order valence-corrected chi connectivity index (χ0v) is 20.6. The number of benzene rings is 1. The summed E-state index contributed by atoms with van der Waals surface area (Å²) >= 11 is 0. The maximum absolute atomic E-state index is 13.2. The van der Waals surface area contributed by atoms with Crippen molar-refractivity contribution >= 4 is 28.3 Å². The van der Waals surface area contributed by atoms with Gasteiger partial charge in [0.25, 0.3) is 5.91 Å². The smallest absolute Gasteiger partial charge is 0.276 e. The first-order chi connectivity index (χ1) is 17.6. The van der Waals surface area contributed by atoms with Crippen LogP contribution in [0.2, 0.25) is 0 Å². The van der Waals surface area contributed by atoms with Crippen LogP contribution < -0.4 is 10.2 Å². The molecule has 8 nitrogen and oxygen atoms in total. The first-order valence-corrected chi connectivity index (χ1v) is 12.8. The number of fused-ring (bicyclic) bond motifs is 1. The van der Waals surface area contributed by atoms with E-state index in [1.165, 1.54) is 24.8 Å². The molecule has 4 aromatic rings. The quantitative estimate of drug-likeness (QED) is 0.414. The number of aromatic nitrogens is 4. The summed E-state index contributed by atoms with van der Waals surface area (Å²) in [5.74, 6) is 1.46. The Morgan fingerprint density at radius 2 is 1.92 bits per heavy atom. The SMILES string of the molecule is CC1CCN(Cc2cncc(-c3ccc4[nH]nc(C(=O)Nc5ccnc(N6CCC6)c5)c4c3)c2)CC1. The number of hydrogen-bond donors (Lipinski definition) is 2. The number of amides is 1. The number of piperidine rings is 1. The predicted octanol–water partition coefficient (Wildman–Crippen LogP) is 4.71. The van der Waals surface area contributed by atoms with E-state index in [1.54, 1.807) is 6.20 Å². The first-order valence-electron chi connectivity index (χ1n) is 12.8. The number of H-pyrrole nitrogens is 1. The molecule has 0 saturated carbocycles. The van der Waals surface area contributed by atoms with Crippen molar-refractivity contribution in [2.75, 3.05) is 36.4 Å². The maximum atomic E-state index is 13.2. The van der Waals surface area contributed by atoms with Gasteiger partial charge >= 0.3 is 0 Å². The molecule has 2 N–H and O–H groups in total. The lowest BCUT2D eigenvalue weighted by Crippen LogP contribution is -2.37. The van der Waals surface area contributed by atoms with Crippen LogP contribution in [0, 0.1) is 5.92 Å². The summed E-state index contributed by atoms with van der Waals surface area (Å²) in [6.45, 7) is 7.54. The minimum Gasteiger partial charge on any atom is -0.356 e. The first kappa shape index (κ1) is 22.7. The van der Waals surface area contributed by atoms with Gasteiger partial charge in [-0.3, -0.25) is 19.8 Å². The zero-order chi connectivity index (χ0) is 24.5. The van der Waals surface area contributed by atoms with Crippen LogP contribution in [0.4, 0.5) is 11.5 Å². The Bertz CT molecular complexity index is 1390. The number of anilines is 2. The summed E-state index contributed by atoms with van der Waals surface area (Å²) in [7, 11) is 0. The molecule has 6 rings (SSSR count). The Kier molecular flexibility index (Phi) is 6.11. The van der Waals surface area contributed by atoms with Gasteiger partial charge in [-0.15, -0.1) is 0 Å². The van der Waals surface area contributed by atoms with Crippen molar-refractivity contribution in [2.24, 2.45) is 5.92 Å². The van der Waals surface area contributed by atoms with Gasteiger partial charge in [-0.25, -0.2) is 4.98 Å². The van der Waals surface area contributed by atoms with E-state index in [9.17, 15) is 4.79 Å². The highest BCUT2D eigenvalue weighted by molar-refractivity contribution is 6.11. The van der Waals surface area contributed by atoms with E-state index < -0.39 is 0 Å². The molecular formula is C28H31N7O. The second-order valence-electron chi connectivity index (χ2n) is 10.1. The summed E-state index contributed by atoms with van der Waals surface area (Å²) < 4.78 is 0. The van der Waals surface area contributed by atoms with Crippen molar-refractivity contribution in [3.8, 4) is 11.1 Å². The largest absolute Gasteiger partial charge is 0.356 e. The number of pyridine rings is 2. The van der Waals surface area contributed by atoms with Gasteiger partial charge in [0.1, 0.15) is 5.82 Å². The van der Waals surface area contributed by atoms with Crippen molar-refractivity contribution in [2.45, 2.75) is 32.7 Å².